The Balaban J connectivity index is 3.11. The Hall–Kier alpha value is -0.770. The lowest BCUT2D eigenvalue weighted by molar-refractivity contribution is 0.144. The zero-order valence-corrected chi connectivity index (χ0v) is 8.56. The summed E-state index contributed by atoms with van der Waals surface area (Å²) in [5, 5.41) is 5.75. The SMILES string of the molecule is CCCCOC(=O)NCCNCC. The Kier molecular flexibility index (Phi) is 8.77. The number of unbranched alkanes of at least 4 members (excludes halogenated alkanes) is 1. The molecule has 0 spiro atoms. The van der Waals surface area contributed by atoms with Crippen LogP contribution < -0.4 is 10.6 Å². The molecule has 0 bridgehead atoms. The van der Waals surface area contributed by atoms with Crippen molar-refractivity contribution in [1.82, 2.24) is 10.6 Å². The molecule has 0 aliphatic carbocycles. The van der Waals surface area contributed by atoms with E-state index in [2.05, 4.69) is 17.6 Å². The van der Waals surface area contributed by atoms with Gasteiger partial charge in [-0.1, -0.05) is 20.3 Å². The molecule has 0 atom stereocenters. The topological polar surface area (TPSA) is 50.4 Å². The molecule has 2 N–H and O–H groups in total. The minimum absolute atomic E-state index is 0.314. The van der Waals surface area contributed by atoms with Crippen LogP contribution in [0.1, 0.15) is 26.7 Å². The first-order chi connectivity index (χ1) is 6.31. The van der Waals surface area contributed by atoms with Crippen LogP contribution in [0.15, 0.2) is 0 Å². The summed E-state index contributed by atoms with van der Waals surface area (Å²) in [5.41, 5.74) is 0. The highest BCUT2D eigenvalue weighted by molar-refractivity contribution is 5.66. The number of carbonyl (C=O) groups excluding carboxylic acids is 1. The summed E-state index contributed by atoms with van der Waals surface area (Å²) in [5.74, 6) is 0. The van der Waals surface area contributed by atoms with Gasteiger partial charge in [0.1, 0.15) is 0 Å². The lowest BCUT2D eigenvalue weighted by Crippen LogP contribution is -2.32. The molecular weight excluding hydrogens is 168 g/mol. The molecule has 13 heavy (non-hydrogen) atoms. The number of amides is 1. The van der Waals surface area contributed by atoms with Gasteiger partial charge in [-0.05, 0) is 13.0 Å². The lowest BCUT2D eigenvalue weighted by atomic mass is 10.4. The van der Waals surface area contributed by atoms with E-state index < -0.39 is 0 Å². The van der Waals surface area contributed by atoms with E-state index in [9.17, 15) is 4.79 Å². The highest BCUT2D eigenvalue weighted by Crippen LogP contribution is 1.87. The van der Waals surface area contributed by atoms with Crippen LogP contribution >= 0.6 is 0 Å². The number of ether oxygens (including phenoxy) is 1. The Bertz CT molecular complexity index is 129. The van der Waals surface area contributed by atoms with E-state index in [0.717, 1.165) is 25.9 Å². The van der Waals surface area contributed by atoms with E-state index >= 15 is 0 Å². The summed E-state index contributed by atoms with van der Waals surface area (Å²) in [6, 6.07) is 0. The van der Waals surface area contributed by atoms with Crippen molar-refractivity contribution in [3.8, 4) is 0 Å². The quantitative estimate of drug-likeness (QED) is 0.589. The first-order valence-electron chi connectivity index (χ1n) is 4.92. The van der Waals surface area contributed by atoms with Gasteiger partial charge in [0.15, 0.2) is 0 Å². The molecule has 0 saturated heterocycles. The van der Waals surface area contributed by atoms with E-state index in [1.165, 1.54) is 0 Å². The van der Waals surface area contributed by atoms with Crippen molar-refractivity contribution in [2.45, 2.75) is 26.7 Å². The monoisotopic (exact) mass is 188 g/mol. The maximum atomic E-state index is 10.9. The van der Waals surface area contributed by atoms with Gasteiger partial charge in [0.05, 0.1) is 6.61 Å². The summed E-state index contributed by atoms with van der Waals surface area (Å²) in [7, 11) is 0. The molecule has 0 aliphatic heterocycles. The van der Waals surface area contributed by atoms with Crippen molar-refractivity contribution in [3.05, 3.63) is 0 Å². The third-order valence-corrected chi connectivity index (χ3v) is 1.55. The number of rotatable bonds is 7. The van der Waals surface area contributed by atoms with Gasteiger partial charge in [-0.2, -0.15) is 0 Å². The third kappa shape index (κ3) is 9.14. The molecule has 0 saturated carbocycles. The summed E-state index contributed by atoms with van der Waals surface area (Å²) in [6.45, 7) is 6.94. The summed E-state index contributed by atoms with van der Waals surface area (Å²) >= 11 is 0. The minimum atomic E-state index is -0.314. The number of carbonyl (C=O) groups is 1. The molecule has 0 heterocycles. The first-order valence-corrected chi connectivity index (χ1v) is 4.92. The van der Waals surface area contributed by atoms with Crippen LogP contribution in [0.4, 0.5) is 4.79 Å². The number of hydrogen-bond donors (Lipinski definition) is 2. The van der Waals surface area contributed by atoms with Crippen molar-refractivity contribution in [2.24, 2.45) is 0 Å². The lowest BCUT2D eigenvalue weighted by Gasteiger charge is -2.06. The summed E-state index contributed by atoms with van der Waals surface area (Å²) in [4.78, 5) is 10.9. The Morgan fingerprint density at radius 3 is 2.69 bits per heavy atom. The zero-order chi connectivity index (χ0) is 9.94. The van der Waals surface area contributed by atoms with Gasteiger partial charge >= 0.3 is 6.09 Å². The molecule has 0 aromatic carbocycles. The molecule has 0 aromatic heterocycles. The summed E-state index contributed by atoms with van der Waals surface area (Å²) in [6.07, 6.45) is 1.66. The molecule has 0 unspecified atom stereocenters. The molecule has 0 aromatic rings. The van der Waals surface area contributed by atoms with Gasteiger partial charge in [0.2, 0.25) is 0 Å². The van der Waals surface area contributed by atoms with Crippen LogP contribution in [0.2, 0.25) is 0 Å². The van der Waals surface area contributed by atoms with Crippen LogP contribution in [-0.2, 0) is 4.74 Å². The summed E-state index contributed by atoms with van der Waals surface area (Å²) < 4.78 is 4.88. The van der Waals surface area contributed by atoms with Gasteiger partial charge in [0, 0.05) is 13.1 Å². The van der Waals surface area contributed by atoms with Crippen molar-refractivity contribution in [1.29, 1.82) is 0 Å². The normalized spacial score (nSPS) is 9.69. The number of hydrogen-bond acceptors (Lipinski definition) is 3. The van der Waals surface area contributed by atoms with Crippen LogP contribution in [-0.4, -0.2) is 32.3 Å². The first kappa shape index (κ1) is 12.2. The predicted molar refractivity (Wildman–Crippen MR) is 52.8 cm³/mol. The average Bonchev–Trinajstić information content (AvgIpc) is 2.13. The van der Waals surface area contributed by atoms with Crippen LogP contribution in [0.25, 0.3) is 0 Å². The van der Waals surface area contributed by atoms with Crippen molar-refractivity contribution in [2.75, 3.05) is 26.2 Å². The molecule has 4 nitrogen and oxygen atoms in total. The standard InChI is InChI=1S/C9H20N2O2/c1-3-5-8-13-9(12)11-7-6-10-4-2/h10H,3-8H2,1-2H3,(H,11,12). The Morgan fingerprint density at radius 1 is 1.31 bits per heavy atom. The van der Waals surface area contributed by atoms with Gasteiger partial charge in [-0.25, -0.2) is 4.79 Å². The van der Waals surface area contributed by atoms with E-state index in [-0.39, 0.29) is 6.09 Å². The zero-order valence-electron chi connectivity index (χ0n) is 8.56. The van der Waals surface area contributed by atoms with E-state index in [1.807, 2.05) is 6.92 Å². The minimum Gasteiger partial charge on any atom is -0.450 e. The predicted octanol–water partition coefficient (Wildman–Crippen LogP) is 1.12. The van der Waals surface area contributed by atoms with Crippen molar-refractivity contribution in [3.63, 3.8) is 0 Å². The number of likely N-dealkylation sites (N-methyl/N-ethyl adjacent to an activating group) is 1. The largest absolute Gasteiger partial charge is 0.450 e. The van der Waals surface area contributed by atoms with Crippen molar-refractivity contribution >= 4 is 6.09 Å². The highest BCUT2D eigenvalue weighted by Gasteiger charge is 1.98. The fourth-order valence-corrected chi connectivity index (χ4v) is 0.790. The molecule has 0 rings (SSSR count). The van der Waals surface area contributed by atoms with E-state index in [0.29, 0.717) is 13.2 Å². The number of alkyl carbamates (subject to hydrolysis) is 1. The molecule has 4 heteroatoms. The average molecular weight is 188 g/mol. The Labute approximate surface area is 80.0 Å². The maximum absolute atomic E-state index is 10.9. The molecule has 0 radical (unpaired) electrons. The van der Waals surface area contributed by atoms with E-state index in [4.69, 9.17) is 4.74 Å². The third-order valence-electron chi connectivity index (χ3n) is 1.55. The number of nitrogens with one attached hydrogen (secondary N) is 2. The second-order valence-electron chi connectivity index (χ2n) is 2.77. The second-order valence-corrected chi connectivity index (χ2v) is 2.77. The fraction of sp³-hybridized carbons (Fsp3) is 0.889. The molecule has 1 amide bonds. The van der Waals surface area contributed by atoms with Gasteiger partial charge in [-0.15, -0.1) is 0 Å². The molecular formula is C9H20N2O2. The molecule has 0 aliphatic rings. The van der Waals surface area contributed by atoms with Crippen LogP contribution in [0, 0.1) is 0 Å². The maximum Gasteiger partial charge on any atom is 0.407 e. The smallest absolute Gasteiger partial charge is 0.407 e. The molecule has 0 fully saturated rings. The van der Waals surface area contributed by atoms with Crippen molar-refractivity contribution < 1.29 is 9.53 Å². The second kappa shape index (κ2) is 9.32. The van der Waals surface area contributed by atoms with Gasteiger partial charge < -0.3 is 15.4 Å². The fourth-order valence-electron chi connectivity index (χ4n) is 0.790. The molecule has 78 valence electrons. The van der Waals surface area contributed by atoms with Gasteiger partial charge in [0.25, 0.3) is 0 Å². The highest BCUT2D eigenvalue weighted by atomic mass is 16.5. The Morgan fingerprint density at radius 2 is 2.08 bits per heavy atom. The van der Waals surface area contributed by atoms with E-state index in [1.54, 1.807) is 0 Å². The van der Waals surface area contributed by atoms with Crippen LogP contribution in [0.3, 0.4) is 0 Å². The van der Waals surface area contributed by atoms with Gasteiger partial charge in [-0.3, -0.25) is 0 Å². The van der Waals surface area contributed by atoms with Crippen LogP contribution in [0.5, 0.6) is 0 Å².